The summed E-state index contributed by atoms with van der Waals surface area (Å²) >= 11 is -0.106. The first-order chi connectivity index (χ1) is 18.1. The zero-order valence-corrected chi connectivity index (χ0v) is 34.4. The Morgan fingerprint density at radius 3 is 0.683 bits per heavy atom. The first-order valence-corrected chi connectivity index (χ1v) is 21.4. The Labute approximate surface area is 275 Å². The molecule has 0 unspecified atom stereocenters. The van der Waals surface area contributed by atoms with Gasteiger partial charge in [0.15, 0.2) is 0 Å². The molecule has 0 bridgehead atoms. The van der Waals surface area contributed by atoms with Gasteiger partial charge in [0.1, 0.15) is 0 Å². The fraction of sp³-hybridized carbons (Fsp3) is 0.667. The second-order valence-corrected chi connectivity index (χ2v) is 27.1. The maximum atomic E-state index is 4.81. The molecule has 0 amide bonds. The van der Waals surface area contributed by atoms with Crippen LogP contribution < -0.4 is 10.6 Å². The first-order valence-electron chi connectivity index (χ1n) is 14.7. The van der Waals surface area contributed by atoms with Crippen molar-refractivity contribution in [2.45, 2.75) is 156 Å². The summed E-state index contributed by atoms with van der Waals surface area (Å²) in [6.45, 7) is 42.2. The van der Waals surface area contributed by atoms with E-state index < -0.39 is 0 Å². The molecule has 0 nitrogen and oxygen atoms in total. The minimum atomic E-state index is -0.186. The molecule has 0 saturated carbocycles. The summed E-state index contributed by atoms with van der Waals surface area (Å²) in [7, 11) is 9.26. The third-order valence-electron chi connectivity index (χ3n) is 6.67. The summed E-state index contributed by atoms with van der Waals surface area (Å²) < 4.78 is 0. The maximum absolute atomic E-state index is 4.81. The fourth-order valence-electron chi connectivity index (χ4n) is 5.78. The molecule has 240 valence electrons. The van der Waals surface area contributed by atoms with Gasteiger partial charge in [0.25, 0.3) is 0 Å². The zero-order chi connectivity index (χ0) is 32.8. The monoisotopic (exact) mass is 732 g/mol. The summed E-state index contributed by atoms with van der Waals surface area (Å²) in [5.41, 5.74) is 3.33. The van der Waals surface area contributed by atoms with Crippen molar-refractivity contribution in [3.63, 3.8) is 0 Å². The van der Waals surface area contributed by atoms with Crippen LogP contribution in [0.25, 0.3) is 0 Å². The summed E-state index contributed by atoms with van der Waals surface area (Å²) in [6.07, 6.45) is 0. The van der Waals surface area contributed by atoms with Crippen molar-refractivity contribution in [1.29, 1.82) is 0 Å². The second kappa shape index (κ2) is 15.7. The Bertz CT molecular complexity index is 905. The van der Waals surface area contributed by atoms with E-state index in [-0.39, 0.29) is 42.6 Å². The molecule has 0 aliphatic rings. The Balaban J connectivity index is 0.000000712. The molecule has 0 aromatic heterocycles. The molecule has 41 heavy (non-hydrogen) atoms. The van der Waals surface area contributed by atoms with E-state index in [9.17, 15) is 0 Å². The van der Waals surface area contributed by atoms with Crippen LogP contribution in [0.1, 0.15) is 136 Å². The molecule has 0 N–H and O–H groups in total. The van der Waals surface area contributed by atoms with Crippen LogP contribution in [0.15, 0.2) is 48.5 Å². The Morgan fingerprint density at radius 1 is 0.390 bits per heavy atom. The molecule has 0 saturated heterocycles. The van der Waals surface area contributed by atoms with Crippen LogP contribution >= 0.6 is 34.9 Å². The van der Waals surface area contributed by atoms with Crippen molar-refractivity contribution in [3.8, 4) is 0 Å². The molecule has 0 spiro atoms. The van der Waals surface area contributed by atoms with Crippen molar-refractivity contribution >= 4 is 45.5 Å². The van der Waals surface area contributed by atoms with E-state index in [4.69, 9.17) is 19.1 Å². The van der Waals surface area contributed by atoms with E-state index in [1.807, 2.05) is 0 Å². The predicted octanol–water partition coefficient (Wildman–Crippen LogP) is 12.8. The van der Waals surface area contributed by atoms with E-state index in [0.717, 1.165) is 0 Å². The molecule has 0 atom stereocenters. The fourth-order valence-corrected chi connectivity index (χ4v) is 13.8. The van der Waals surface area contributed by atoms with Gasteiger partial charge >= 0.3 is 35.0 Å². The van der Waals surface area contributed by atoms with Gasteiger partial charge in [0.2, 0.25) is 0 Å². The van der Waals surface area contributed by atoms with Crippen LogP contribution in [-0.2, 0) is 26.8 Å². The summed E-state index contributed by atoms with van der Waals surface area (Å²) in [4.78, 5) is 0. The molecular formula is C36H62Cl2P2Pd. The Morgan fingerprint density at radius 2 is 0.561 bits per heavy atom. The Hall–Kier alpha value is 0.542. The van der Waals surface area contributed by atoms with Crippen LogP contribution in [0.5, 0.6) is 0 Å². The van der Waals surface area contributed by atoms with Gasteiger partial charge in [0.05, 0.1) is 0 Å². The van der Waals surface area contributed by atoms with Crippen molar-refractivity contribution in [2.75, 3.05) is 0 Å². The predicted molar refractivity (Wildman–Crippen MR) is 194 cm³/mol. The van der Waals surface area contributed by atoms with Crippen molar-refractivity contribution in [2.24, 2.45) is 0 Å². The number of hydrogen-bond acceptors (Lipinski definition) is 0. The van der Waals surface area contributed by atoms with Gasteiger partial charge in [-0.1, -0.05) is 189 Å². The third kappa shape index (κ3) is 14.5. The molecule has 2 aromatic rings. The van der Waals surface area contributed by atoms with E-state index in [1.165, 1.54) is 21.7 Å². The molecule has 0 aliphatic heterocycles. The van der Waals surface area contributed by atoms with E-state index in [0.29, 0.717) is 20.6 Å². The standard InChI is InChI=1S/2C18H31P.2ClH.Pd/c2*1-16(2,3)14-10-12-15(13-11-14)19(17(4,5)6)18(7,8)9;;;/h2*10-13H,1-9H3;2*1H;/q;;;;+2/p-2. The summed E-state index contributed by atoms with van der Waals surface area (Å²) in [6, 6.07) is 18.7. The van der Waals surface area contributed by atoms with Gasteiger partial charge < -0.3 is 0 Å². The number of rotatable bonds is 2. The summed E-state index contributed by atoms with van der Waals surface area (Å²) in [5, 5.41) is 4.44. The zero-order valence-electron chi connectivity index (χ0n) is 29.6. The van der Waals surface area contributed by atoms with E-state index in [2.05, 4.69) is 173 Å². The normalized spacial score (nSPS) is 13.5. The van der Waals surface area contributed by atoms with Gasteiger partial charge in [-0.05, 0) is 53.2 Å². The topological polar surface area (TPSA) is 0 Å². The average molecular weight is 734 g/mol. The van der Waals surface area contributed by atoms with E-state index >= 15 is 0 Å². The SMILES string of the molecule is CC(C)(C)c1ccc(P(C(C)(C)C)C(C)(C)C)cc1.CC(C)(C)c1ccc(P(C(C)(C)C)C(C)(C)C)cc1.[Cl][Pd][Cl]. The Kier molecular flexibility index (Phi) is 15.9. The van der Waals surface area contributed by atoms with Crippen molar-refractivity contribution < 1.29 is 15.9 Å². The second-order valence-electron chi connectivity index (χ2n) is 17.0. The van der Waals surface area contributed by atoms with Crippen LogP contribution in [0.2, 0.25) is 0 Å². The molecule has 0 fully saturated rings. The number of benzene rings is 2. The van der Waals surface area contributed by atoms with Crippen molar-refractivity contribution in [3.05, 3.63) is 59.7 Å². The first kappa shape index (κ1) is 41.5. The molecule has 2 aromatic carbocycles. The molecule has 2 rings (SSSR count). The van der Waals surface area contributed by atoms with Gasteiger partial charge in [-0.25, -0.2) is 0 Å². The van der Waals surface area contributed by atoms with Crippen LogP contribution in [-0.4, -0.2) is 20.6 Å². The number of hydrogen-bond donors (Lipinski definition) is 0. The molecule has 5 heteroatoms. The average Bonchev–Trinajstić information content (AvgIpc) is 2.70. The number of halogens is 2. The van der Waals surface area contributed by atoms with Crippen molar-refractivity contribution in [1.82, 2.24) is 0 Å². The van der Waals surface area contributed by atoms with Crippen LogP contribution in [0.4, 0.5) is 0 Å². The van der Waals surface area contributed by atoms with Gasteiger partial charge in [0, 0.05) is 0 Å². The third-order valence-corrected chi connectivity index (χ3v) is 13.7. The quantitative estimate of drug-likeness (QED) is 0.213. The molecular weight excluding hydrogens is 672 g/mol. The molecule has 0 radical (unpaired) electrons. The molecule has 0 aliphatic carbocycles. The molecule has 0 heterocycles. The summed E-state index contributed by atoms with van der Waals surface area (Å²) in [5.74, 6) is 0. The van der Waals surface area contributed by atoms with Gasteiger partial charge in [-0.2, -0.15) is 0 Å². The van der Waals surface area contributed by atoms with Crippen LogP contribution in [0.3, 0.4) is 0 Å². The minimum absolute atomic E-state index is 0.106. The van der Waals surface area contributed by atoms with Gasteiger partial charge in [-0.3, -0.25) is 0 Å². The van der Waals surface area contributed by atoms with Gasteiger partial charge in [-0.15, -0.1) is 0 Å². The van der Waals surface area contributed by atoms with E-state index in [1.54, 1.807) is 0 Å². The van der Waals surface area contributed by atoms with Crippen LogP contribution in [0, 0.1) is 0 Å².